The molecule has 0 radical (unpaired) electrons. The molecular formula is C10H19NO2S. The summed E-state index contributed by atoms with van der Waals surface area (Å²) in [6.45, 7) is 3.56. The molecule has 0 aromatic carbocycles. The Morgan fingerprint density at radius 1 is 1.07 bits per heavy atom. The first-order chi connectivity index (χ1) is 6.53. The van der Waals surface area contributed by atoms with Gasteiger partial charge in [0.1, 0.15) is 0 Å². The fourth-order valence-electron chi connectivity index (χ4n) is 2.73. The SMILES string of the molecule is CC(C)S(=O)(=O)N1C2CCCC1CC2. The van der Waals surface area contributed by atoms with E-state index in [9.17, 15) is 8.42 Å². The maximum Gasteiger partial charge on any atom is 0.216 e. The van der Waals surface area contributed by atoms with E-state index in [1.165, 1.54) is 6.42 Å². The summed E-state index contributed by atoms with van der Waals surface area (Å²) in [4.78, 5) is 0. The molecule has 14 heavy (non-hydrogen) atoms. The summed E-state index contributed by atoms with van der Waals surface area (Å²) < 4.78 is 26.0. The van der Waals surface area contributed by atoms with Crippen molar-refractivity contribution in [1.29, 1.82) is 0 Å². The molecule has 2 saturated heterocycles. The molecule has 2 bridgehead atoms. The van der Waals surface area contributed by atoms with Crippen LogP contribution in [-0.2, 0) is 10.0 Å². The molecule has 2 fully saturated rings. The fourth-order valence-corrected chi connectivity index (χ4v) is 4.47. The Kier molecular flexibility index (Phi) is 2.60. The minimum atomic E-state index is -3.00. The van der Waals surface area contributed by atoms with Gasteiger partial charge in [-0.25, -0.2) is 8.42 Å². The van der Waals surface area contributed by atoms with E-state index in [-0.39, 0.29) is 5.25 Å². The normalized spacial score (nSPS) is 33.9. The van der Waals surface area contributed by atoms with E-state index < -0.39 is 10.0 Å². The quantitative estimate of drug-likeness (QED) is 0.706. The molecule has 2 aliphatic rings. The first-order valence-electron chi connectivity index (χ1n) is 5.56. The van der Waals surface area contributed by atoms with Gasteiger partial charge >= 0.3 is 0 Å². The highest BCUT2D eigenvalue weighted by Crippen LogP contribution is 2.38. The maximum absolute atomic E-state index is 12.1. The molecule has 2 atom stereocenters. The molecule has 82 valence electrons. The third kappa shape index (κ3) is 1.48. The van der Waals surface area contributed by atoms with Crippen LogP contribution in [0.25, 0.3) is 0 Å². The van der Waals surface area contributed by atoms with Crippen LogP contribution in [0.3, 0.4) is 0 Å². The molecule has 2 rings (SSSR count). The average Bonchev–Trinajstić information content (AvgIpc) is 2.38. The Morgan fingerprint density at radius 2 is 1.57 bits per heavy atom. The van der Waals surface area contributed by atoms with E-state index in [0.29, 0.717) is 12.1 Å². The van der Waals surface area contributed by atoms with Crippen LogP contribution < -0.4 is 0 Å². The Labute approximate surface area is 86.5 Å². The summed E-state index contributed by atoms with van der Waals surface area (Å²) in [6, 6.07) is 0.641. The summed E-state index contributed by atoms with van der Waals surface area (Å²) in [5.41, 5.74) is 0. The van der Waals surface area contributed by atoms with Gasteiger partial charge < -0.3 is 0 Å². The highest BCUT2D eigenvalue weighted by Gasteiger charge is 2.44. The Bertz CT molecular complexity index is 294. The van der Waals surface area contributed by atoms with Gasteiger partial charge in [-0.15, -0.1) is 0 Å². The van der Waals surface area contributed by atoms with Gasteiger partial charge in [0.05, 0.1) is 5.25 Å². The summed E-state index contributed by atoms with van der Waals surface area (Å²) in [6.07, 6.45) is 5.51. The molecule has 0 saturated carbocycles. The zero-order valence-corrected chi connectivity index (χ0v) is 9.76. The monoisotopic (exact) mass is 217 g/mol. The second-order valence-electron chi connectivity index (χ2n) is 4.74. The van der Waals surface area contributed by atoms with Gasteiger partial charge in [-0.3, -0.25) is 0 Å². The Hall–Kier alpha value is -0.0900. The van der Waals surface area contributed by atoms with Gasteiger partial charge in [0.15, 0.2) is 0 Å². The van der Waals surface area contributed by atoms with Crippen LogP contribution in [0.2, 0.25) is 0 Å². The van der Waals surface area contributed by atoms with Crippen LogP contribution in [0.5, 0.6) is 0 Å². The van der Waals surface area contributed by atoms with Crippen molar-refractivity contribution in [2.24, 2.45) is 0 Å². The van der Waals surface area contributed by atoms with Crippen LogP contribution in [0.4, 0.5) is 0 Å². The highest BCUT2D eigenvalue weighted by atomic mass is 32.2. The third-order valence-electron chi connectivity index (χ3n) is 3.52. The predicted octanol–water partition coefficient (Wildman–Crippen LogP) is 1.74. The molecule has 0 aromatic heterocycles. The molecule has 2 heterocycles. The van der Waals surface area contributed by atoms with Crippen molar-refractivity contribution in [3.8, 4) is 0 Å². The van der Waals surface area contributed by atoms with Gasteiger partial charge in [-0.2, -0.15) is 4.31 Å². The lowest BCUT2D eigenvalue weighted by atomic mass is 10.1. The van der Waals surface area contributed by atoms with Crippen LogP contribution in [0, 0.1) is 0 Å². The van der Waals surface area contributed by atoms with Crippen molar-refractivity contribution in [3.05, 3.63) is 0 Å². The lowest BCUT2D eigenvalue weighted by molar-refractivity contribution is 0.246. The van der Waals surface area contributed by atoms with Crippen molar-refractivity contribution in [3.63, 3.8) is 0 Å². The summed E-state index contributed by atoms with van der Waals surface area (Å²) in [5, 5.41) is -0.260. The highest BCUT2D eigenvalue weighted by molar-refractivity contribution is 7.89. The molecule has 0 amide bonds. The van der Waals surface area contributed by atoms with Gasteiger partial charge in [0.2, 0.25) is 10.0 Å². The number of sulfonamides is 1. The van der Waals surface area contributed by atoms with E-state index in [0.717, 1.165) is 25.7 Å². The van der Waals surface area contributed by atoms with Crippen molar-refractivity contribution in [2.45, 2.75) is 63.3 Å². The van der Waals surface area contributed by atoms with E-state index in [1.54, 1.807) is 13.8 Å². The van der Waals surface area contributed by atoms with E-state index in [1.807, 2.05) is 4.31 Å². The van der Waals surface area contributed by atoms with Crippen LogP contribution in [-0.4, -0.2) is 30.1 Å². The van der Waals surface area contributed by atoms with Crippen molar-refractivity contribution in [1.82, 2.24) is 4.31 Å². The lowest BCUT2D eigenvalue weighted by Crippen LogP contribution is -2.46. The van der Waals surface area contributed by atoms with E-state index >= 15 is 0 Å². The molecule has 0 aromatic rings. The maximum atomic E-state index is 12.1. The summed E-state index contributed by atoms with van der Waals surface area (Å²) >= 11 is 0. The molecule has 4 heteroatoms. The zero-order chi connectivity index (χ0) is 10.3. The minimum Gasteiger partial charge on any atom is -0.212 e. The van der Waals surface area contributed by atoms with Gasteiger partial charge in [-0.05, 0) is 39.5 Å². The summed E-state index contributed by atoms with van der Waals surface area (Å²) in [7, 11) is -3.00. The largest absolute Gasteiger partial charge is 0.216 e. The summed E-state index contributed by atoms with van der Waals surface area (Å²) in [5.74, 6) is 0. The molecular weight excluding hydrogens is 198 g/mol. The molecule has 0 spiro atoms. The molecule has 0 aliphatic carbocycles. The van der Waals surface area contributed by atoms with E-state index in [2.05, 4.69) is 0 Å². The molecule has 2 unspecified atom stereocenters. The van der Waals surface area contributed by atoms with Crippen molar-refractivity contribution in [2.75, 3.05) is 0 Å². The van der Waals surface area contributed by atoms with Crippen LogP contribution in [0.1, 0.15) is 46.0 Å². The van der Waals surface area contributed by atoms with Gasteiger partial charge in [-0.1, -0.05) is 6.42 Å². The predicted molar refractivity (Wildman–Crippen MR) is 56.6 cm³/mol. The van der Waals surface area contributed by atoms with Crippen molar-refractivity contribution >= 4 is 10.0 Å². The lowest BCUT2D eigenvalue weighted by Gasteiger charge is -2.34. The minimum absolute atomic E-state index is 0.260. The topological polar surface area (TPSA) is 37.4 Å². The number of rotatable bonds is 2. The van der Waals surface area contributed by atoms with E-state index in [4.69, 9.17) is 0 Å². The smallest absolute Gasteiger partial charge is 0.212 e. The molecule has 0 N–H and O–H groups in total. The molecule has 2 aliphatic heterocycles. The number of nitrogens with zero attached hydrogens (tertiary/aromatic N) is 1. The standard InChI is InChI=1S/C10H19NO2S/c1-8(2)14(12,13)11-9-4-3-5-10(11)7-6-9/h8-10H,3-7H2,1-2H3. The second-order valence-corrected chi connectivity index (χ2v) is 7.13. The number of hydrogen-bond acceptors (Lipinski definition) is 2. The Morgan fingerprint density at radius 3 is 2.00 bits per heavy atom. The first kappa shape index (κ1) is 10.4. The van der Waals surface area contributed by atoms with Crippen LogP contribution in [0.15, 0.2) is 0 Å². The zero-order valence-electron chi connectivity index (χ0n) is 8.94. The number of hydrogen-bond donors (Lipinski definition) is 0. The number of fused-ring (bicyclic) bond motifs is 2. The number of piperidine rings is 1. The third-order valence-corrected chi connectivity index (χ3v) is 5.89. The fraction of sp³-hybridized carbons (Fsp3) is 1.00. The average molecular weight is 217 g/mol. The van der Waals surface area contributed by atoms with Gasteiger partial charge in [0, 0.05) is 12.1 Å². The molecule has 3 nitrogen and oxygen atoms in total. The van der Waals surface area contributed by atoms with Gasteiger partial charge in [0.25, 0.3) is 0 Å². The van der Waals surface area contributed by atoms with Crippen LogP contribution >= 0.6 is 0 Å². The first-order valence-corrected chi connectivity index (χ1v) is 7.06. The van der Waals surface area contributed by atoms with Crippen molar-refractivity contribution < 1.29 is 8.42 Å². The Balaban J connectivity index is 2.27. The second kappa shape index (κ2) is 3.49.